The fourth-order valence-electron chi connectivity index (χ4n) is 3.76. The minimum Gasteiger partial charge on any atom is -0.312 e. The molecule has 4 rings (SSSR count). The van der Waals surface area contributed by atoms with E-state index >= 15 is 0 Å². The molecule has 1 N–H and O–H groups in total. The largest absolute Gasteiger partial charge is 0.312 e. The molecule has 0 unspecified atom stereocenters. The van der Waals surface area contributed by atoms with Crippen LogP contribution in [-0.4, -0.2) is 18.4 Å². The first-order chi connectivity index (χ1) is 10.3. The SMILES string of the molecule is O=C1[C@H]2CC=CC[C@H]2C(=O)N1c1cccc2c1CCNC2. The zero-order valence-electron chi connectivity index (χ0n) is 11.8. The van der Waals surface area contributed by atoms with Gasteiger partial charge in [-0.3, -0.25) is 9.59 Å². The molecular formula is C17H18N2O2. The van der Waals surface area contributed by atoms with Crippen LogP contribution >= 0.6 is 0 Å². The van der Waals surface area contributed by atoms with Crippen molar-refractivity contribution in [1.29, 1.82) is 0 Å². The summed E-state index contributed by atoms with van der Waals surface area (Å²) in [5.41, 5.74) is 3.18. The van der Waals surface area contributed by atoms with Crippen LogP contribution in [0.2, 0.25) is 0 Å². The molecular weight excluding hydrogens is 264 g/mol. The fourth-order valence-corrected chi connectivity index (χ4v) is 3.76. The molecule has 1 saturated heterocycles. The highest BCUT2D eigenvalue weighted by molar-refractivity contribution is 6.22. The van der Waals surface area contributed by atoms with Crippen molar-refractivity contribution >= 4 is 17.5 Å². The number of carbonyl (C=O) groups is 2. The van der Waals surface area contributed by atoms with Gasteiger partial charge in [0.25, 0.3) is 0 Å². The van der Waals surface area contributed by atoms with Crippen molar-refractivity contribution in [3.05, 3.63) is 41.5 Å². The lowest BCUT2D eigenvalue weighted by atomic mass is 9.85. The highest BCUT2D eigenvalue weighted by Crippen LogP contribution is 2.39. The zero-order chi connectivity index (χ0) is 14.4. The van der Waals surface area contributed by atoms with Crippen molar-refractivity contribution < 1.29 is 9.59 Å². The topological polar surface area (TPSA) is 49.4 Å². The number of amides is 2. The Morgan fingerprint density at radius 2 is 1.76 bits per heavy atom. The summed E-state index contributed by atoms with van der Waals surface area (Å²) in [6.07, 6.45) is 6.32. The van der Waals surface area contributed by atoms with Gasteiger partial charge in [-0.1, -0.05) is 24.3 Å². The average Bonchev–Trinajstić information content (AvgIpc) is 2.79. The first-order valence-corrected chi connectivity index (χ1v) is 7.61. The molecule has 1 aromatic carbocycles. The second-order valence-electron chi connectivity index (χ2n) is 6.01. The molecule has 0 saturated carbocycles. The third kappa shape index (κ3) is 1.86. The van der Waals surface area contributed by atoms with E-state index in [0.717, 1.165) is 30.8 Å². The van der Waals surface area contributed by atoms with Gasteiger partial charge in [-0.2, -0.15) is 0 Å². The van der Waals surface area contributed by atoms with Gasteiger partial charge in [-0.05, 0) is 43.0 Å². The molecule has 1 aliphatic carbocycles. The zero-order valence-corrected chi connectivity index (χ0v) is 11.8. The number of rotatable bonds is 1. The lowest BCUT2D eigenvalue weighted by Crippen LogP contribution is -2.34. The predicted octanol–water partition coefficient (Wildman–Crippen LogP) is 1.79. The molecule has 3 aliphatic rings. The lowest BCUT2D eigenvalue weighted by molar-refractivity contribution is -0.122. The summed E-state index contributed by atoms with van der Waals surface area (Å²) in [7, 11) is 0. The smallest absolute Gasteiger partial charge is 0.238 e. The van der Waals surface area contributed by atoms with E-state index in [1.54, 1.807) is 0 Å². The van der Waals surface area contributed by atoms with E-state index in [9.17, 15) is 9.59 Å². The number of allylic oxidation sites excluding steroid dienone is 2. The van der Waals surface area contributed by atoms with Gasteiger partial charge in [0.2, 0.25) is 11.8 Å². The first-order valence-electron chi connectivity index (χ1n) is 7.61. The van der Waals surface area contributed by atoms with Crippen LogP contribution in [0.3, 0.4) is 0 Å². The monoisotopic (exact) mass is 282 g/mol. The number of hydrogen-bond acceptors (Lipinski definition) is 3. The standard InChI is InChI=1S/C17H18N2O2/c20-16-13-5-1-2-6-14(13)17(21)19(16)15-7-3-4-11-10-18-9-8-12(11)15/h1-4,7,13-14,18H,5-6,8-10H2/t13-,14+. The molecule has 0 spiro atoms. The maximum absolute atomic E-state index is 12.7. The van der Waals surface area contributed by atoms with Gasteiger partial charge in [-0.15, -0.1) is 0 Å². The van der Waals surface area contributed by atoms with Gasteiger partial charge >= 0.3 is 0 Å². The van der Waals surface area contributed by atoms with Crippen molar-refractivity contribution in [2.75, 3.05) is 11.4 Å². The molecule has 1 fully saturated rings. The molecule has 108 valence electrons. The van der Waals surface area contributed by atoms with Crippen LogP contribution in [-0.2, 0) is 22.6 Å². The van der Waals surface area contributed by atoms with Crippen molar-refractivity contribution in [3.63, 3.8) is 0 Å². The van der Waals surface area contributed by atoms with Gasteiger partial charge in [0, 0.05) is 6.54 Å². The molecule has 2 heterocycles. The summed E-state index contributed by atoms with van der Waals surface area (Å²) in [5.74, 6) is -0.331. The summed E-state index contributed by atoms with van der Waals surface area (Å²) >= 11 is 0. The quantitative estimate of drug-likeness (QED) is 0.631. The summed E-state index contributed by atoms with van der Waals surface area (Å²) in [6.45, 7) is 1.71. The Morgan fingerprint density at radius 1 is 1.05 bits per heavy atom. The first kappa shape index (κ1) is 12.8. The Labute approximate surface area is 123 Å². The number of imide groups is 1. The van der Waals surface area contributed by atoms with Gasteiger partial charge in [0.1, 0.15) is 0 Å². The Balaban J connectivity index is 1.77. The van der Waals surface area contributed by atoms with Crippen LogP contribution in [0.25, 0.3) is 0 Å². The van der Waals surface area contributed by atoms with Gasteiger partial charge in [0.15, 0.2) is 0 Å². The summed E-state index contributed by atoms with van der Waals surface area (Å²) in [4.78, 5) is 26.8. The maximum Gasteiger partial charge on any atom is 0.238 e. The molecule has 4 heteroatoms. The highest BCUT2D eigenvalue weighted by Gasteiger charge is 2.48. The number of fused-ring (bicyclic) bond motifs is 2. The second-order valence-corrected chi connectivity index (χ2v) is 6.01. The van der Waals surface area contributed by atoms with E-state index < -0.39 is 0 Å². The van der Waals surface area contributed by atoms with E-state index in [4.69, 9.17) is 0 Å². The van der Waals surface area contributed by atoms with Crippen LogP contribution in [0.5, 0.6) is 0 Å². The van der Waals surface area contributed by atoms with E-state index in [1.807, 2.05) is 24.3 Å². The third-order valence-electron chi connectivity index (χ3n) is 4.86. The fraction of sp³-hybridized carbons (Fsp3) is 0.412. The minimum atomic E-state index is -0.153. The van der Waals surface area contributed by atoms with Crippen LogP contribution in [0, 0.1) is 11.8 Å². The van der Waals surface area contributed by atoms with Crippen LogP contribution < -0.4 is 10.2 Å². The van der Waals surface area contributed by atoms with E-state index in [0.29, 0.717) is 12.8 Å². The molecule has 0 radical (unpaired) electrons. The van der Waals surface area contributed by atoms with Crippen molar-refractivity contribution in [2.24, 2.45) is 11.8 Å². The van der Waals surface area contributed by atoms with Gasteiger partial charge in [-0.25, -0.2) is 4.90 Å². The molecule has 4 nitrogen and oxygen atoms in total. The van der Waals surface area contributed by atoms with Crippen molar-refractivity contribution in [1.82, 2.24) is 5.32 Å². The summed E-state index contributed by atoms with van der Waals surface area (Å²) in [5, 5.41) is 3.33. The van der Waals surface area contributed by atoms with E-state index in [1.165, 1.54) is 10.5 Å². The molecule has 2 aliphatic heterocycles. The molecule has 21 heavy (non-hydrogen) atoms. The molecule has 2 amide bonds. The minimum absolute atomic E-state index is 0.0127. The van der Waals surface area contributed by atoms with Crippen LogP contribution in [0.4, 0.5) is 5.69 Å². The van der Waals surface area contributed by atoms with E-state index in [-0.39, 0.29) is 23.7 Å². The average molecular weight is 282 g/mol. The normalized spacial score (nSPS) is 27.7. The Kier molecular flexibility index (Phi) is 2.93. The summed E-state index contributed by atoms with van der Waals surface area (Å²) < 4.78 is 0. The molecule has 2 atom stereocenters. The molecule has 1 aromatic rings. The van der Waals surface area contributed by atoms with E-state index in [2.05, 4.69) is 11.4 Å². The maximum atomic E-state index is 12.7. The number of carbonyl (C=O) groups excluding carboxylic acids is 2. The number of anilines is 1. The molecule has 0 aromatic heterocycles. The van der Waals surface area contributed by atoms with Gasteiger partial charge in [0.05, 0.1) is 17.5 Å². The lowest BCUT2D eigenvalue weighted by Gasteiger charge is -2.24. The van der Waals surface area contributed by atoms with Crippen LogP contribution in [0.15, 0.2) is 30.4 Å². The Bertz CT molecular complexity index is 624. The third-order valence-corrected chi connectivity index (χ3v) is 4.86. The highest BCUT2D eigenvalue weighted by atomic mass is 16.2. The predicted molar refractivity (Wildman–Crippen MR) is 79.7 cm³/mol. The summed E-state index contributed by atoms with van der Waals surface area (Å²) in [6, 6.07) is 5.94. The van der Waals surface area contributed by atoms with Gasteiger partial charge < -0.3 is 5.32 Å². The number of benzene rings is 1. The number of nitrogens with one attached hydrogen (secondary N) is 1. The Morgan fingerprint density at radius 3 is 2.48 bits per heavy atom. The van der Waals surface area contributed by atoms with Crippen molar-refractivity contribution in [2.45, 2.75) is 25.8 Å². The molecule has 0 bridgehead atoms. The number of hydrogen-bond donors (Lipinski definition) is 1. The number of nitrogens with zero attached hydrogens (tertiary/aromatic N) is 1. The second kappa shape index (κ2) is 4.81. The van der Waals surface area contributed by atoms with Crippen molar-refractivity contribution in [3.8, 4) is 0 Å². The Hall–Kier alpha value is -1.94. The van der Waals surface area contributed by atoms with Crippen LogP contribution in [0.1, 0.15) is 24.0 Å².